The van der Waals surface area contributed by atoms with Gasteiger partial charge in [0.25, 0.3) is 5.56 Å². The van der Waals surface area contributed by atoms with E-state index in [1.54, 1.807) is 43.3 Å². The minimum absolute atomic E-state index is 0.0190. The highest BCUT2D eigenvalue weighted by Gasteiger charge is 2.45. The molecule has 222 valence electrons. The highest BCUT2D eigenvalue weighted by Crippen LogP contribution is 2.38. The molecule has 0 fully saturated rings. The molecule has 0 bridgehead atoms. The van der Waals surface area contributed by atoms with Gasteiger partial charge < -0.3 is 13.9 Å². The van der Waals surface area contributed by atoms with E-state index in [1.165, 1.54) is 37.3 Å². The lowest BCUT2D eigenvalue weighted by atomic mass is 9.95. The van der Waals surface area contributed by atoms with Gasteiger partial charge in [-0.05, 0) is 55.8 Å². The SMILES string of the molecule is CCOC(=O)C1=C(C(F)(F)F)N=c2s/c(=C\c3ccc(-c4cccc(C(=O)OCC)c4)o3)c(=O)n2[C@H]1c1ccc(Cl)cc1. The van der Waals surface area contributed by atoms with Gasteiger partial charge in [0.05, 0.1) is 34.9 Å². The van der Waals surface area contributed by atoms with Gasteiger partial charge in [0, 0.05) is 16.7 Å². The molecule has 1 atom stereocenters. The molecule has 0 spiro atoms. The van der Waals surface area contributed by atoms with Crippen molar-refractivity contribution in [3.63, 3.8) is 0 Å². The molecule has 1 aliphatic rings. The number of nitrogens with zero attached hydrogens (tertiary/aromatic N) is 2. The molecular formula is C30H22ClF3N2O6S. The van der Waals surface area contributed by atoms with Crippen molar-refractivity contribution in [3.8, 4) is 11.3 Å². The van der Waals surface area contributed by atoms with E-state index in [9.17, 15) is 27.6 Å². The number of thiazole rings is 1. The van der Waals surface area contributed by atoms with Crippen molar-refractivity contribution in [3.05, 3.63) is 114 Å². The number of hydrogen-bond donors (Lipinski definition) is 0. The number of aromatic nitrogens is 1. The molecule has 0 radical (unpaired) electrons. The quantitative estimate of drug-likeness (QED) is 0.253. The van der Waals surface area contributed by atoms with E-state index < -0.39 is 41.0 Å². The van der Waals surface area contributed by atoms with Gasteiger partial charge in [-0.25, -0.2) is 14.6 Å². The Hall–Kier alpha value is -4.42. The second-order valence-electron chi connectivity index (χ2n) is 9.12. The Labute approximate surface area is 251 Å². The van der Waals surface area contributed by atoms with E-state index in [0.29, 0.717) is 33.2 Å². The van der Waals surface area contributed by atoms with Crippen molar-refractivity contribution in [2.75, 3.05) is 13.2 Å². The summed E-state index contributed by atoms with van der Waals surface area (Å²) in [4.78, 5) is 42.2. The second kappa shape index (κ2) is 12.1. The number of allylic oxidation sites excluding steroid dienone is 1. The molecule has 43 heavy (non-hydrogen) atoms. The van der Waals surface area contributed by atoms with Gasteiger partial charge in [-0.15, -0.1) is 0 Å². The summed E-state index contributed by atoms with van der Waals surface area (Å²) in [5, 5.41) is 0.315. The van der Waals surface area contributed by atoms with Gasteiger partial charge in [0.2, 0.25) is 0 Å². The topological polar surface area (TPSA) is 100 Å². The van der Waals surface area contributed by atoms with Crippen LogP contribution in [0.15, 0.2) is 86.1 Å². The van der Waals surface area contributed by atoms with Crippen LogP contribution in [-0.4, -0.2) is 35.9 Å². The summed E-state index contributed by atoms with van der Waals surface area (Å²) in [6.07, 6.45) is -3.64. The van der Waals surface area contributed by atoms with E-state index >= 15 is 0 Å². The van der Waals surface area contributed by atoms with Crippen molar-refractivity contribution < 1.29 is 36.7 Å². The third kappa shape index (κ3) is 6.06. The number of carbonyl (C=O) groups excluding carboxylic acids is 2. The number of carbonyl (C=O) groups is 2. The molecular weight excluding hydrogens is 609 g/mol. The van der Waals surface area contributed by atoms with Gasteiger partial charge in [-0.1, -0.05) is 47.2 Å². The number of rotatable bonds is 7. The molecule has 0 amide bonds. The van der Waals surface area contributed by atoms with Gasteiger partial charge in [-0.2, -0.15) is 13.2 Å². The van der Waals surface area contributed by atoms with E-state index in [4.69, 9.17) is 25.5 Å². The lowest BCUT2D eigenvalue weighted by molar-refractivity contribution is -0.140. The first kappa shape index (κ1) is 30.1. The monoisotopic (exact) mass is 630 g/mol. The summed E-state index contributed by atoms with van der Waals surface area (Å²) in [5.74, 6) is -1.12. The molecule has 0 N–H and O–H groups in total. The van der Waals surface area contributed by atoms with Crippen molar-refractivity contribution in [1.29, 1.82) is 0 Å². The summed E-state index contributed by atoms with van der Waals surface area (Å²) in [6, 6.07) is 14.1. The van der Waals surface area contributed by atoms with E-state index in [0.717, 1.165) is 4.57 Å². The predicted molar refractivity (Wildman–Crippen MR) is 152 cm³/mol. The van der Waals surface area contributed by atoms with Crippen LogP contribution in [0.5, 0.6) is 0 Å². The molecule has 1 aliphatic heterocycles. The Bertz CT molecular complexity index is 1920. The molecule has 3 heterocycles. The van der Waals surface area contributed by atoms with Gasteiger partial charge in [0.15, 0.2) is 10.5 Å². The predicted octanol–water partition coefficient (Wildman–Crippen LogP) is 5.43. The summed E-state index contributed by atoms with van der Waals surface area (Å²) in [6.45, 7) is 3.19. The fraction of sp³-hybridized carbons (Fsp3) is 0.200. The molecule has 2 aromatic heterocycles. The normalized spacial score (nSPS) is 15.2. The van der Waals surface area contributed by atoms with Crippen LogP contribution in [0, 0.1) is 0 Å². The van der Waals surface area contributed by atoms with Gasteiger partial charge >= 0.3 is 18.1 Å². The largest absolute Gasteiger partial charge is 0.463 e. The number of esters is 2. The Morgan fingerprint density at radius 1 is 1.05 bits per heavy atom. The van der Waals surface area contributed by atoms with Crippen LogP contribution in [0.4, 0.5) is 13.2 Å². The standard InChI is InChI=1S/C30H22ClF3N2O6S/c1-3-40-27(38)18-7-5-6-17(14-18)21-13-12-20(42-21)15-22-26(37)36-24(16-8-10-19(31)11-9-16)23(28(39)41-4-2)25(30(32,33)34)35-29(36)43-22/h5-15,24H,3-4H2,1-2H3/b22-15-/t24-/m0/s1. The van der Waals surface area contributed by atoms with Crippen LogP contribution in [0.25, 0.3) is 17.4 Å². The zero-order chi connectivity index (χ0) is 30.9. The molecule has 0 saturated heterocycles. The van der Waals surface area contributed by atoms with Crippen molar-refractivity contribution in [1.82, 2.24) is 4.57 Å². The van der Waals surface area contributed by atoms with Crippen molar-refractivity contribution in [2.45, 2.75) is 26.1 Å². The summed E-state index contributed by atoms with van der Waals surface area (Å²) in [7, 11) is 0. The number of furan rings is 1. The fourth-order valence-corrected chi connectivity index (χ4v) is 5.64. The number of benzene rings is 2. The zero-order valence-electron chi connectivity index (χ0n) is 22.6. The molecule has 0 aliphatic carbocycles. The third-order valence-electron chi connectivity index (χ3n) is 6.34. The Morgan fingerprint density at radius 2 is 1.74 bits per heavy atom. The first-order chi connectivity index (χ1) is 20.5. The lowest BCUT2D eigenvalue weighted by Gasteiger charge is -2.26. The minimum Gasteiger partial charge on any atom is -0.463 e. The first-order valence-electron chi connectivity index (χ1n) is 12.9. The third-order valence-corrected chi connectivity index (χ3v) is 7.57. The summed E-state index contributed by atoms with van der Waals surface area (Å²) in [5.41, 5.74) is -1.83. The fourth-order valence-electron chi connectivity index (χ4n) is 4.53. The molecule has 2 aromatic carbocycles. The molecule has 5 rings (SSSR count). The molecule has 13 heteroatoms. The van der Waals surface area contributed by atoms with E-state index in [1.807, 2.05) is 0 Å². The maximum Gasteiger partial charge on any atom is 0.434 e. The number of alkyl halides is 3. The molecule has 0 saturated carbocycles. The number of hydrogen-bond acceptors (Lipinski definition) is 8. The van der Waals surface area contributed by atoms with Crippen molar-refractivity contribution >= 4 is 41.0 Å². The molecule has 0 unspecified atom stereocenters. The van der Waals surface area contributed by atoms with E-state index in [-0.39, 0.29) is 33.9 Å². The second-order valence-corrected chi connectivity index (χ2v) is 10.6. The number of ether oxygens (including phenoxy) is 2. The Morgan fingerprint density at radius 3 is 2.42 bits per heavy atom. The number of halogens is 4. The van der Waals surface area contributed by atoms with Crippen molar-refractivity contribution in [2.24, 2.45) is 4.99 Å². The van der Waals surface area contributed by atoms with Gasteiger partial charge in [0.1, 0.15) is 11.5 Å². The average Bonchev–Trinajstić information content (AvgIpc) is 3.57. The average molecular weight is 631 g/mol. The van der Waals surface area contributed by atoms with Crippen LogP contribution in [0.1, 0.15) is 41.6 Å². The summed E-state index contributed by atoms with van der Waals surface area (Å²) >= 11 is 6.72. The highest BCUT2D eigenvalue weighted by molar-refractivity contribution is 7.07. The van der Waals surface area contributed by atoms with E-state index in [2.05, 4.69) is 4.99 Å². The smallest absolute Gasteiger partial charge is 0.434 e. The molecule has 8 nitrogen and oxygen atoms in total. The maximum absolute atomic E-state index is 14.3. The number of fused-ring (bicyclic) bond motifs is 1. The lowest BCUT2D eigenvalue weighted by Crippen LogP contribution is -2.41. The zero-order valence-corrected chi connectivity index (χ0v) is 24.2. The van der Waals surface area contributed by atoms with Crippen LogP contribution in [0.2, 0.25) is 5.02 Å². The van der Waals surface area contributed by atoms with Crippen LogP contribution >= 0.6 is 22.9 Å². The molecule has 4 aromatic rings. The Balaban J connectivity index is 1.64. The minimum atomic E-state index is -5.02. The highest BCUT2D eigenvalue weighted by atomic mass is 35.5. The maximum atomic E-state index is 14.3. The summed E-state index contributed by atoms with van der Waals surface area (Å²) < 4.78 is 59.7. The van der Waals surface area contributed by atoms with Crippen LogP contribution in [-0.2, 0) is 14.3 Å². The van der Waals surface area contributed by atoms with Crippen LogP contribution < -0.4 is 14.9 Å². The Kier molecular flexibility index (Phi) is 8.43. The van der Waals surface area contributed by atoms with Crippen LogP contribution in [0.3, 0.4) is 0 Å². The first-order valence-corrected chi connectivity index (χ1v) is 14.1. The van der Waals surface area contributed by atoms with Gasteiger partial charge in [-0.3, -0.25) is 9.36 Å².